The monoisotopic (exact) mass is 410 g/mol. The van der Waals surface area contributed by atoms with Crippen LogP contribution in [0.1, 0.15) is 12.5 Å². The predicted molar refractivity (Wildman–Crippen MR) is 101 cm³/mol. The molecule has 2 aromatic rings. The average molecular weight is 410 g/mol. The van der Waals surface area contributed by atoms with Gasteiger partial charge in [0.25, 0.3) is 5.69 Å². The molecule has 0 saturated carbocycles. The summed E-state index contributed by atoms with van der Waals surface area (Å²) in [4.78, 5) is 23.9. The van der Waals surface area contributed by atoms with Crippen molar-refractivity contribution in [2.24, 2.45) is 5.14 Å². The number of carbonyl (C=O) groups excluding carboxylic acids is 1. The summed E-state index contributed by atoms with van der Waals surface area (Å²) in [6, 6.07) is 8.87. The van der Waals surface area contributed by atoms with Gasteiger partial charge in [-0.15, -0.1) is 0 Å². The van der Waals surface area contributed by atoms with Crippen molar-refractivity contribution < 1.29 is 22.5 Å². The number of hydrogen-bond donors (Lipinski definition) is 2. The van der Waals surface area contributed by atoms with E-state index in [0.29, 0.717) is 5.56 Å². The zero-order valence-corrected chi connectivity index (χ0v) is 15.8. The van der Waals surface area contributed by atoms with Crippen molar-refractivity contribution in [2.45, 2.75) is 18.4 Å². The van der Waals surface area contributed by atoms with Crippen LogP contribution in [0, 0.1) is 15.9 Å². The molecule has 0 aliphatic carbocycles. The van der Waals surface area contributed by atoms with E-state index in [1.54, 1.807) is 6.92 Å². The number of benzene rings is 2. The zero-order chi connectivity index (χ0) is 20.9. The molecular weight excluding hydrogens is 391 g/mol. The molecule has 0 unspecified atom stereocenters. The fourth-order valence-corrected chi connectivity index (χ4v) is 3.03. The number of amides is 1. The lowest BCUT2D eigenvalue weighted by atomic mass is 10.2. The number of carbonyl (C=O) groups is 1. The number of rotatable bonds is 8. The molecule has 0 radical (unpaired) electrons. The summed E-state index contributed by atoms with van der Waals surface area (Å²) < 4.78 is 35.8. The molecule has 0 fully saturated rings. The van der Waals surface area contributed by atoms with Gasteiger partial charge in [-0.2, -0.15) is 0 Å². The van der Waals surface area contributed by atoms with Gasteiger partial charge in [-0.3, -0.25) is 14.9 Å². The maximum absolute atomic E-state index is 12.9. The topological polar surface area (TPSA) is 136 Å². The quantitative estimate of drug-likeness (QED) is 0.500. The van der Waals surface area contributed by atoms with Crippen LogP contribution in [-0.4, -0.2) is 32.3 Å². The van der Waals surface area contributed by atoms with Gasteiger partial charge in [-0.25, -0.2) is 17.9 Å². The van der Waals surface area contributed by atoms with Gasteiger partial charge in [0, 0.05) is 19.2 Å². The summed E-state index contributed by atoms with van der Waals surface area (Å²) in [5, 5.41) is 19.0. The van der Waals surface area contributed by atoms with Crippen LogP contribution >= 0.6 is 0 Å². The molecule has 0 atom stereocenters. The minimum absolute atomic E-state index is 0.0943. The maximum atomic E-state index is 12.9. The van der Waals surface area contributed by atoms with Crippen molar-refractivity contribution >= 4 is 27.3 Å². The van der Waals surface area contributed by atoms with Crippen LogP contribution < -0.4 is 15.4 Å². The van der Waals surface area contributed by atoms with Crippen molar-refractivity contribution in [1.82, 2.24) is 5.32 Å². The van der Waals surface area contributed by atoms with E-state index in [1.807, 2.05) is 0 Å². The second-order valence-corrected chi connectivity index (χ2v) is 7.43. The number of nitrogens with zero attached hydrogens (tertiary/aromatic N) is 2. The van der Waals surface area contributed by atoms with Crippen LogP contribution in [0.15, 0.2) is 47.4 Å². The number of nitro benzene ring substituents is 1. The van der Waals surface area contributed by atoms with E-state index in [4.69, 9.17) is 5.14 Å². The lowest BCUT2D eigenvalue weighted by molar-refractivity contribution is -0.384. The van der Waals surface area contributed by atoms with Gasteiger partial charge >= 0.3 is 0 Å². The summed E-state index contributed by atoms with van der Waals surface area (Å²) in [6.07, 6.45) is 0. The van der Waals surface area contributed by atoms with Gasteiger partial charge in [0.2, 0.25) is 15.9 Å². The van der Waals surface area contributed by atoms with Gasteiger partial charge < -0.3 is 10.2 Å². The third kappa shape index (κ3) is 5.47. The standard InChI is InChI=1S/C17H19FN4O5S/c1-2-21(11-17(23)20-10-12-3-5-13(18)6-4-12)15-8-7-14(28(19,26)27)9-16(15)22(24)25/h3-9H,2,10-11H2,1H3,(H,20,23)(H2,19,26,27). The van der Waals surface area contributed by atoms with E-state index >= 15 is 0 Å². The molecular formula is C17H19FN4O5S. The first-order valence-electron chi connectivity index (χ1n) is 8.19. The molecule has 0 aliphatic heterocycles. The van der Waals surface area contributed by atoms with Crippen LogP contribution in [0.25, 0.3) is 0 Å². The van der Waals surface area contributed by atoms with Crippen LogP contribution in [0.5, 0.6) is 0 Å². The largest absolute Gasteiger partial charge is 0.357 e. The highest BCUT2D eigenvalue weighted by Crippen LogP contribution is 2.30. The normalized spacial score (nSPS) is 11.1. The first-order chi connectivity index (χ1) is 13.1. The molecule has 0 aromatic heterocycles. The smallest absolute Gasteiger partial charge is 0.293 e. The molecule has 3 N–H and O–H groups in total. The van der Waals surface area contributed by atoms with Gasteiger partial charge in [0.15, 0.2) is 0 Å². The van der Waals surface area contributed by atoms with Crippen LogP contribution in [0.2, 0.25) is 0 Å². The number of sulfonamides is 1. The van der Waals surface area contributed by atoms with Gasteiger partial charge in [-0.05, 0) is 36.8 Å². The van der Waals surface area contributed by atoms with E-state index in [0.717, 1.165) is 12.1 Å². The van der Waals surface area contributed by atoms with Crippen LogP contribution in [0.3, 0.4) is 0 Å². The minimum Gasteiger partial charge on any atom is -0.357 e. The lowest BCUT2D eigenvalue weighted by Gasteiger charge is -2.22. The first kappa shape index (κ1) is 21.3. The Morgan fingerprint density at radius 1 is 1.25 bits per heavy atom. The van der Waals surface area contributed by atoms with Crippen molar-refractivity contribution in [1.29, 1.82) is 0 Å². The Bertz CT molecular complexity index is 980. The van der Waals surface area contributed by atoms with Crippen LogP contribution in [0.4, 0.5) is 15.8 Å². The molecule has 2 aromatic carbocycles. The van der Waals surface area contributed by atoms with Crippen molar-refractivity contribution in [3.63, 3.8) is 0 Å². The van der Waals surface area contributed by atoms with Crippen molar-refractivity contribution in [3.05, 3.63) is 64.0 Å². The minimum atomic E-state index is -4.10. The van der Waals surface area contributed by atoms with E-state index in [-0.39, 0.29) is 36.0 Å². The lowest BCUT2D eigenvalue weighted by Crippen LogP contribution is -2.37. The third-order valence-electron chi connectivity index (χ3n) is 3.93. The average Bonchev–Trinajstić information content (AvgIpc) is 2.64. The molecule has 0 saturated heterocycles. The number of halogens is 1. The molecule has 150 valence electrons. The summed E-state index contributed by atoms with van der Waals surface area (Å²) in [6.45, 7) is 1.94. The number of nitrogens with two attached hydrogens (primary N) is 1. The highest BCUT2D eigenvalue weighted by Gasteiger charge is 2.23. The van der Waals surface area contributed by atoms with Crippen molar-refractivity contribution in [2.75, 3.05) is 18.0 Å². The number of hydrogen-bond acceptors (Lipinski definition) is 6. The molecule has 11 heteroatoms. The highest BCUT2D eigenvalue weighted by atomic mass is 32.2. The van der Waals surface area contributed by atoms with E-state index in [1.165, 1.54) is 35.2 Å². The fourth-order valence-electron chi connectivity index (χ4n) is 2.49. The van der Waals surface area contributed by atoms with Crippen molar-refractivity contribution in [3.8, 4) is 0 Å². The molecule has 28 heavy (non-hydrogen) atoms. The Balaban J connectivity index is 2.16. The second kappa shape index (κ2) is 8.76. The Kier molecular flexibility index (Phi) is 6.65. The number of primary sulfonamides is 1. The summed E-state index contributed by atoms with van der Waals surface area (Å²) in [7, 11) is -4.10. The maximum Gasteiger partial charge on any atom is 0.293 e. The number of nitrogens with one attached hydrogen (secondary N) is 1. The molecule has 0 spiro atoms. The molecule has 2 rings (SSSR count). The van der Waals surface area contributed by atoms with E-state index in [9.17, 15) is 27.7 Å². The van der Waals surface area contributed by atoms with Crippen LogP contribution in [-0.2, 0) is 21.4 Å². The molecule has 9 nitrogen and oxygen atoms in total. The molecule has 1 amide bonds. The highest BCUT2D eigenvalue weighted by molar-refractivity contribution is 7.89. The second-order valence-electron chi connectivity index (χ2n) is 5.87. The fraction of sp³-hybridized carbons (Fsp3) is 0.235. The SMILES string of the molecule is CCN(CC(=O)NCc1ccc(F)cc1)c1ccc(S(N)(=O)=O)cc1[N+](=O)[O-]. The molecule has 0 aliphatic rings. The zero-order valence-electron chi connectivity index (χ0n) is 15.0. The Morgan fingerprint density at radius 2 is 1.89 bits per heavy atom. The number of anilines is 1. The number of nitro groups is 1. The predicted octanol–water partition coefficient (Wildman–Crippen LogP) is 1.52. The summed E-state index contributed by atoms with van der Waals surface area (Å²) in [5.41, 5.74) is 0.317. The van der Waals surface area contributed by atoms with E-state index in [2.05, 4.69) is 5.32 Å². The van der Waals surface area contributed by atoms with Gasteiger partial charge in [-0.1, -0.05) is 12.1 Å². The number of likely N-dealkylation sites (N-methyl/N-ethyl adjacent to an activating group) is 1. The molecule has 0 heterocycles. The van der Waals surface area contributed by atoms with Gasteiger partial charge in [0.1, 0.15) is 11.5 Å². The third-order valence-corrected chi connectivity index (χ3v) is 4.84. The Labute approximate surface area is 161 Å². The van der Waals surface area contributed by atoms with Gasteiger partial charge in [0.05, 0.1) is 16.4 Å². The Hall–Kier alpha value is -3.05. The Morgan fingerprint density at radius 3 is 2.43 bits per heavy atom. The molecule has 0 bridgehead atoms. The first-order valence-corrected chi connectivity index (χ1v) is 9.73. The van der Waals surface area contributed by atoms with E-state index < -0.39 is 26.5 Å². The summed E-state index contributed by atoms with van der Waals surface area (Å²) in [5.74, 6) is -0.793. The summed E-state index contributed by atoms with van der Waals surface area (Å²) >= 11 is 0.